The molecule has 0 unspecified atom stereocenters. The van der Waals surface area contributed by atoms with Crippen molar-refractivity contribution in [3.05, 3.63) is 48.8 Å². The number of nitrogens with zero attached hydrogens (tertiary/aromatic N) is 3. The predicted octanol–water partition coefficient (Wildman–Crippen LogP) is 1.63. The Labute approximate surface area is 91.1 Å². The standard InChI is InChI=1S/C10H8BF2N3/c12-11(13)15-7-3-1-5-9(15)14-10-6-2-4-8-16(10)11/h1-8H. The van der Waals surface area contributed by atoms with E-state index < -0.39 is 6.97 Å². The van der Waals surface area contributed by atoms with E-state index in [1.54, 1.807) is 36.4 Å². The molecular formula is C10H8BF2N3. The Balaban J connectivity index is 2.26. The summed E-state index contributed by atoms with van der Waals surface area (Å²) in [5, 5.41) is 0. The van der Waals surface area contributed by atoms with Gasteiger partial charge < -0.3 is 17.9 Å². The molecule has 3 nitrogen and oxygen atoms in total. The molecule has 0 fully saturated rings. The molecule has 0 aromatic carbocycles. The average molecular weight is 219 g/mol. The van der Waals surface area contributed by atoms with Gasteiger partial charge in [-0.05, 0) is 23.3 Å². The largest absolute Gasteiger partial charge is 0.641 e. The fraction of sp³-hybridized carbons (Fsp3) is 0. The molecule has 0 atom stereocenters. The zero-order valence-electron chi connectivity index (χ0n) is 8.29. The van der Waals surface area contributed by atoms with Gasteiger partial charge in [-0.25, -0.2) is 0 Å². The molecule has 0 aliphatic carbocycles. The number of hydrogen-bond donors (Lipinski definition) is 0. The second-order valence-corrected chi connectivity index (χ2v) is 3.63. The molecule has 3 rings (SSSR count). The lowest BCUT2D eigenvalue weighted by Gasteiger charge is -2.36. The van der Waals surface area contributed by atoms with Crippen LogP contribution >= 0.6 is 0 Å². The third kappa shape index (κ3) is 1.13. The maximum absolute atomic E-state index is 14.1. The van der Waals surface area contributed by atoms with Crippen molar-refractivity contribution in [1.82, 2.24) is 4.81 Å². The molecule has 0 spiro atoms. The van der Waals surface area contributed by atoms with Crippen molar-refractivity contribution in [3.8, 4) is 0 Å². The summed E-state index contributed by atoms with van der Waals surface area (Å²) in [6, 6.07) is 4.84. The highest BCUT2D eigenvalue weighted by Gasteiger charge is 2.48. The Morgan fingerprint density at radius 1 is 1.25 bits per heavy atom. The van der Waals surface area contributed by atoms with Crippen molar-refractivity contribution in [1.29, 1.82) is 0 Å². The van der Waals surface area contributed by atoms with E-state index in [0.29, 0.717) is 0 Å². The number of amidine groups is 1. The van der Waals surface area contributed by atoms with E-state index in [1.807, 2.05) is 0 Å². The van der Waals surface area contributed by atoms with Crippen LogP contribution in [0.5, 0.6) is 0 Å². The summed E-state index contributed by atoms with van der Waals surface area (Å²) in [4.78, 5) is 5.08. The van der Waals surface area contributed by atoms with Gasteiger partial charge in [-0.2, -0.15) is 0 Å². The number of hydrogen-bond acceptors (Lipinski definition) is 2. The summed E-state index contributed by atoms with van der Waals surface area (Å²) in [6.07, 6.45) is 7.54. The number of rotatable bonds is 0. The second kappa shape index (κ2) is 3.01. The normalized spacial score (nSPS) is 20.1. The molecule has 6 heteroatoms. The molecule has 80 valence electrons. The van der Waals surface area contributed by atoms with Crippen LogP contribution in [0, 0.1) is 0 Å². The summed E-state index contributed by atoms with van der Waals surface area (Å²) < 4.78 is 29.1. The van der Waals surface area contributed by atoms with Crippen LogP contribution in [0.4, 0.5) is 14.4 Å². The first-order valence-electron chi connectivity index (χ1n) is 4.94. The minimum atomic E-state index is -3.83. The SMILES string of the molecule is F[B-]1(F)N2C=CC=CC2=Nc2cccc[n+]21. The van der Waals surface area contributed by atoms with Gasteiger partial charge >= 0.3 is 6.97 Å². The smallest absolute Gasteiger partial charge is 0.414 e. The minimum Gasteiger partial charge on any atom is -0.414 e. The van der Waals surface area contributed by atoms with E-state index in [9.17, 15) is 8.63 Å². The van der Waals surface area contributed by atoms with Crippen LogP contribution in [0.1, 0.15) is 0 Å². The zero-order chi connectivity index (χ0) is 11.2. The van der Waals surface area contributed by atoms with Gasteiger partial charge in [-0.15, -0.1) is 0 Å². The molecule has 1 aromatic heterocycles. The minimum absolute atomic E-state index is 0.277. The van der Waals surface area contributed by atoms with Gasteiger partial charge in [-0.3, -0.25) is 0 Å². The van der Waals surface area contributed by atoms with Gasteiger partial charge in [0.15, 0.2) is 0 Å². The fourth-order valence-corrected chi connectivity index (χ4v) is 1.86. The van der Waals surface area contributed by atoms with Crippen molar-refractivity contribution in [2.45, 2.75) is 0 Å². The third-order valence-corrected chi connectivity index (χ3v) is 2.63. The number of allylic oxidation sites excluding steroid dienone is 2. The van der Waals surface area contributed by atoms with Gasteiger partial charge in [0.2, 0.25) is 5.84 Å². The van der Waals surface area contributed by atoms with Gasteiger partial charge in [0, 0.05) is 18.3 Å². The Morgan fingerprint density at radius 3 is 3.00 bits per heavy atom. The van der Waals surface area contributed by atoms with E-state index in [-0.39, 0.29) is 11.7 Å². The van der Waals surface area contributed by atoms with Crippen LogP contribution in [-0.2, 0) is 0 Å². The molecule has 2 aliphatic heterocycles. The van der Waals surface area contributed by atoms with Crippen LogP contribution in [0.25, 0.3) is 0 Å². The molecule has 2 aliphatic rings. The molecule has 0 N–H and O–H groups in total. The molecule has 16 heavy (non-hydrogen) atoms. The summed E-state index contributed by atoms with van der Waals surface area (Å²) in [7, 11) is 0. The number of halogens is 2. The highest BCUT2D eigenvalue weighted by Crippen LogP contribution is 2.23. The topological polar surface area (TPSA) is 19.5 Å². The van der Waals surface area contributed by atoms with E-state index in [2.05, 4.69) is 4.99 Å². The van der Waals surface area contributed by atoms with E-state index in [4.69, 9.17) is 0 Å². The molecular weight excluding hydrogens is 211 g/mol. The second-order valence-electron chi connectivity index (χ2n) is 3.63. The molecule has 0 bridgehead atoms. The summed E-state index contributed by atoms with van der Waals surface area (Å²) >= 11 is 0. The van der Waals surface area contributed by atoms with Crippen LogP contribution in [0.3, 0.4) is 0 Å². The van der Waals surface area contributed by atoms with Crippen LogP contribution in [0.2, 0.25) is 0 Å². The van der Waals surface area contributed by atoms with Gasteiger partial charge in [0.25, 0.3) is 5.82 Å². The van der Waals surface area contributed by atoms with Crippen molar-refractivity contribution in [2.75, 3.05) is 0 Å². The predicted molar refractivity (Wildman–Crippen MR) is 57.2 cm³/mol. The van der Waals surface area contributed by atoms with E-state index in [0.717, 1.165) is 9.29 Å². The summed E-state index contributed by atoms with van der Waals surface area (Å²) in [5.74, 6) is 0.553. The first-order valence-corrected chi connectivity index (χ1v) is 4.94. The number of aromatic nitrogens is 1. The van der Waals surface area contributed by atoms with E-state index >= 15 is 0 Å². The fourth-order valence-electron chi connectivity index (χ4n) is 1.86. The monoisotopic (exact) mass is 219 g/mol. The van der Waals surface area contributed by atoms with Gasteiger partial charge in [0.1, 0.15) is 0 Å². The maximum atomic E-state index is 14.1. The highest BCUT2D eigenvalue weighted by molar-refractivity contribution is 6.58. The zero-order valence-corrected chi connectivity index (χ0v) is 8.29. The Bertz CT molecular complexity index is 537. The quantitative estimate of drug-likeness (QED) is 0.607. The van der Waals surface area contributed by atoms with Crippen molar-refractivity contribution in [2.24, 2.45) is 4.99 Å². The summed E-state index contributed by atoms with van der Waals surface area (Å²) in [6.45, 7) is -3.83. The summed E-state index contributed by atoms with van der Waals surface area (Å²) in [5.41, 5.74) is 0. The lowest BCUT2D eigenvalue weighted by atomic mass is 9.90. The first-order chi connectivity index (χ1) is 7.69. The van der Waals surface area contributed by atoms with Crippen molar-refractivity contribution >= 4 is 18.6 Å². The average Bonchev–Trinajstić information content (AvgIpc) is 2.29. The Hall–Kier alpha value is -1.98. The first kappa shape index (κ1) is 9.27. The number of pyridine rings is 1. The highest BCUT2D eigenvalue weighted by atomic mass is 19.2. The molecule has 0 radical (unpaired) electrons. The molecule has 0 saturated carbocycles. The molecule has 3 heterocycles. The van der Waals surface area contributed by atoms with Gasteiger partial charge in [-0.1, -0.05) is 12.1 Å². The van der Waals surface area contributed by atoms with Crippen molar-refractivity contribution in [3.63, 3.8) is 0 Å². The Morgan fingerprint density at radius 2 is 2.12 bits per heavy atom. The lowest BCUT2D eigenvalue weighted by Crippen LogP contribution is -2.70. The Kier molecular flexibility index (Phi) is 1.74. The molecule has 0 saturated heterocycles. The molecule has 0 amide bonds. The lowest BCUT2D eigenvalue weighted by molar-refractivity contribution is -0.560. The molecule has 1 aromatic rings. The maximum Gasteiger partial charge on any atom is 0.641 e. The number of fused-ring (bicyclic) bond motifs is 2. The van der Waals surface area contributed by atoms with Crippen molar-refractivity contribution < 1.29 is 13.1 Å². The van der Waals surface area contributed by atoms with Gasteiger partial charge in [0.05, 0.1) is 0 Å². The van der Waals surface area contributed by atoms with Crippen LogP contribution in [-0.4, -0.2) is 17.6 Å². The van der Waals surface area contributed by atoms with E-state index in [1.165, 1.54) is 12.4 Å². The third-order valence-electron chi connectivity index (χ3n) is 2.63. The number of aliphatic imine (C=N–C) groups is 1. The van der Waals surface area contributed by atoms with Crippen LogP contribution in [0.15, 0.2) is 53.8 Å². The van der Waals surface area contributed by atoms with Crippen LogP contribution < -0.4 is 4.48 Å².